The molecular formula is C21H18ClNO2. The highest BCUT2D eigenvalue weighted by atomic mass is 35.5. The zero-order valence-electron chi connectivity index (χ0n) is 13.5. The predicted molar refractivity (Wildman–Crippen MR) is 101 cm³/mol. The Hall–Kier alpha value is -2.62. The standard InChI is InChI=1S/C21H18ClNO2/c22-19-12-10-16(11-13-19)15-6-8-18(9-7-15)21(25)23-14-20(24)17-4-2-1-3-5-17/h1-13,20,24H,14H2,(H,23,25)/t20-/m0/s1/i20+2. The van der Waals surface area contributed by atoms with Gasteiger partial charge in [-0.25, -0.2) is 0 Å². The van der Waals surface area contributed by atoms with E-state index in [0.717, 1.165) is 16.7 Å². The van der Waals surface area contributed by atoms with Gasteiger partial charge in [-0.2, -0.15) is 0 Å². The van der Waals surface area contributed by atoms with E-state index in [1.165, 1.54) is 0 Å². The van der Waals surface area contributed by atoms with Crippen molar-refractivity contribution in [3.8, 4) is 11.1 Å². The van der Waals surface area contributed by atoms with Crippen LogP contribution in [0.3, 0.4) is 0 Å². The van der Waals surface area contributed by atoms with E-state index >= 15 is 0 Å². The summed E-state index contributed by atoms with van der Waals surface area (Å²) in [4.78, 5) is 12.2. The molecule has 0 bridgehead atoms. The molecule has 0 aliphatic carbocycles. The number of benzene rings is 3. The molecule has 0 aliphatic rings. The molecule has 3 nitrogen and oxygen atoms in total. The van der Waals surface area contributed by atoms with Gasteiger partial charge < -0.3 is 10.4 Å². The number of hydrogen-bond donors (Lipinski definition) is 2. The van der Waals surface area contributed by atoms with Gasteiger partial charge in [-0.1, -0.05) is 66.2 Å². The van der Waals surface area contributed by atoms with Crippen LogP contribution in [0.15, 0.2) is 78.9 Å². The number of halogens is 1. The summed E-state index contributed by atoms with van der Waals surface area (Å²) in [5, 5.41) is 13.6. The van der Waals surface area contributed by atoms with Crippen LogP contribution in [-0.2, 0) is 0 Å². The maximum absolute atomic E-state index is 12.2. The minimum absolute atomic E-state index is 0.168. The van der Waals surface area contributed by atoms with E-state index in [4.69, 9.17) is 11.6 Å². The minimum Gasteiger partial charge on any atom is -0.387 e. The molecule has 0 saturated heterocycles. The van der Waals surface area contributed by atoms with E-state index < -0.39 is 6.10 Å². The van der Waals surface area contributed by atoms with Crippen molar-refractivity contribution >= 4 is 17.5 Å². The molecule has 0 aliphatic heterocycles. The number of aliphatic hydroxyl groups is 1. The minimum atomic E-state index is -0.724. The lowest BCUT2D eigenvalue weighted by Crippen LogP contribution is -2.28. The lowest BCUT2D eigenvalue weighted by molar-refractivity contribution is 0.0916. The third-order valence-corrected chi connectivity index (χ3v) is 4.22. The Balaban J connectivity index is 1.62. The zero-order valence-corrected chi connectivity index (χ0v) is 14.3. The molecule has 0 fully saturated rings. The van der Waals surface area contributed by atoms with Gasteiger partial charge in [-0.3, -0.25) is 4.79 Å². The van der Waals surface area contributed by atoms with E-state index in [-0.39, 0.29) is 12.5 Å². The second kappa shape index (κ2) is 7.97. The van der Waals surface area contributed by atoms with Crippen molar-refractivity contribution in [1.29, 1.82) is 0 Å². The maximum atomic E-state index is 12.2. The van der Waals surface area contributed by atoms with E-state index in [1.807, 2.05) is 66.7 Å². The van der Waals surface area contributed by atoms with Crippen LogP contribution in [-0.4, -0.2) is 17.6 Å². The summed E-state index contributed by atoms with van der Waals surface area (Å²) in [5.74, 6) is -0.211. The lowest BCUT2D eigenvalue weighted by Gasteiger charge is -2.12. The number of rotatable bonds is 5. The number of hydrogen-bond acceptors (Lipinski definition) is 2. The first-order chi connectivity index (χ1) is 12.1. The lowest BCUT2D eigenvalue weighted by atomic mass is 10.0. The number of amides is 1. The largest absolute Gasteiger partial charge is 0.387 e. The Kier molecular flexibility index (Phi) is 5.49. The molecule has 3 rings (SSSR count). The molecule has 0 radical (unpaired) electrons. The zero-order chi connectivity index (χ0) is 17.6. The average molecular weight is 354 g/mol. The van der Waals surface area contributed by atoms with E-state index in [2.05, 4.69) is 5.32 Å². The van der Waals surface area contributed by atoms with Gasteiger partial charge in [0.25, 0.3) is 5.91 Å². The molecule has 0 heterocycles. The molecule has 126 valence electrons. The number of carbonyl (C=O) groups is 1. The summed E-state index contributed by atoms with van der Waals surface area (Å²) >= 11 is 5.90. The summed E-state index contributed by atoms with van der Waals surface area (Å²) in [6.07, 6.45) is -0.724. The summed E-state index contributed by atoms with van der Waals surface area (Å²) in [7, 11) is 0. The topological polar surface area (TPSA) is 49.3 Å². The monoisotopic (exact) mass is 353 g/mol. The van der Waals surface area contributed by atoms with Gasteiger partial charge in [-0.15, -0.1) is 0 Å². The van der Waals surface area contributed by atoms with Crippen LogP contribution >= 0.6 is 11.6 Å². The number of nitrogens with one attached hydrogen (secondary N) is 1. The summed E-state index contributed by atoms with van der Waals surface area (Å²) in [6.45, 7) is 0.168. The molecule has 1 atom stereocenters. The highest BCUT2D eigenvalue weighted by Crippen LogP contribution is 2.22. The Morgan fingerprint density at radius 1 is 0.880 bits per heavy atom. The van der Waals surface area contributed by atoms with Crippen LogP contribution in [0.4, 0.5) is 0 Å². The summed E-state index contributed by atoms with van der Waals surface area (Å²) in [5.41, 5.74) is 3.38. The van der Waals surface area contributed by atoms with E-state index in [9.17, 15) is 9.90 Å². The number of aliphatic hydroxyl groups excluding tert-OH is 1. The van der Waals surface area contributed by atoms with Crippen molar-refractivity contribution in [2.24, 2.45) is 0 Å². The molecule has 0 aromatic heterocycles. The third-order valence-electron chi connectivity index (χ3n) is 3.96. The van der Waals surface area contributed by atoms with Gasteiger partial charge in [-0.05, 0) is 41.0 Å². The van der Waals surface area contributed by atoms with Crippen LogP contribution in [0.25, 0.3) is 11.1 Å². The molecule has 25 heavy (non-hydrogen) atoms. The fourth-order valence-electron chi connectivity index (χ4n) is 2.54. The van der Waals surface area contributed by atoms with Gasteiger partial charge in [0.1, 0.15) is 0 Å². The molecular weight excluding hydrogens is 336 g/mol. The summed E-state index contributed by atoms with van der Waals surface area (Å²) < 4.78 is 0. The first kappa shape index (κ1) is 17.2. The van der Waals surface area contributed by atoms with Crippen LogP contribution < -0.4 is 5.32 Å². The molecule has 0 unspecified atom stereocenters. The molecule has 0 spiro atoms. The molecule has 3 aromatic rings. The van der Waals surface area contributed by atoms with Crippen LogP contribution in [0.1, 0.15) is 22.0 Å². The van der Waals surface area contributed by atoms with Gasteiger partial charge >= 0.3 is 0 Å². The van der Waals surface area contributed by atoms with Crippen molar-refractivity contribution in [1.82, 2.24) is 5.32 Å². The van der Waals surface area contributed by atoms with E-state index in [0.29, 0.717) is 10.6 Å². The van der Waals surface area contributed by atoms with Gasteiger partial charge in [0.05, 0.1) is 6.10 Å². The quantitative estimate of drug-likeness (QED) is 0.711. The van der Waals surface area contributed by atoms with Crippen molar-refractivity contribution in [3.63, 3.8) is 0 Å². The SMILES string of the molecule is O=C(NC[14C@H](O)c1ccccc1)c1ccc(-c2ccc(Cl)cc2)cc1. The first-order valence-corrected chi connectivity index (χ1v) is 8.38. The van der Waals surface area contributed by atoms with Gasteiger partial charge in [0.15, 0.2) is 0 Å². The first-order valence-electron chi connectivity index (χ1n) is 8.01. The Labute approximate surface area is 151 Å². The van der Waals surface area contributed by atoms with E-state index in [1.54, 1.807) is 12.1 Å². The van der Waals surface area contributed by atoms with Crippen LogP contribution in [0.5, 0.6) is 0 Å². The average Bonchev–Trinajstić information content (AvgIpc) is 2.67. The second-order valence-electron chi connectivity index (χ2n) is 5.72. The fraction of sp³-hybridized carbons (Fsp3) is 0.0952. The Morgan fingerprint density at radius 2 is 1.44 bits per heavy atom. The van der Waals surface area contributed by atoms with Crippen molar-refractivity contribution < 1.29 is 9.90 Å². The summed E-state index contributed by atoms with van der Waals surface area (Å²) in [6, 6.07) is 24.1. The normalized spacial score (nSPS) is 11.8. The molecule has 0 saturated carbocycles. The fourth-order valence-corrected chi connectivity index (χ4v) is 2.67. The highest BCUT2D eigenvalue weighted by Gasteiger charge is 2.10. The Morgan fingerprint density at radius 3 is 2.04 bits per heavy atom. The van der Waals surface area contributed by atoms with Crippen LogP contribution in [0.2, 0.25) is 5.02 Å². The molecule has 2 N–H and O–H groups in total. The molecule has 1 amide bonds. The second-order valence-corrected chi connectivity index (χ2v) is 6.16. The third kappa shape index (κ3) is 4.47. The maximum Gasteiger partial charge on any atom is 0.251 e. The molecule has 3 aromatic carbocycles. The predicted octanol–water partition coefficient (Wildman–Crippen LogP) is 4.47. The van der Waals surface area contributed by atoms with Gasteiger partial charge in [0, 0.05) is 17.1 Å². The van der Waals surface area contributed by atoms with Crippen molar-refractivity contribution in [2.45, 2.75) is 6.10 Å². The van der Waals surface area contributed by atoms with Gasteiger partial charge in [0.2, 0.25) is 0 Å². The smallest absolute Gasteiger partial charge is 0.251 e. The highest BCUT2D eigenvalue weighted by molar-refractivity contribution is 6.30. The van der Waals surface area contributed by atoms with Crippen LogP contribution in [0, 0.1) is 0 Å². The Bertz CT molecular complexity index is 830. The molecule has 4 heteroatoms. The van der Waals surface area contributed by atoms with Crippen molar-refractivity contribution in [2.75, 3.05) is 6.54 Å². The van der Waals surface area contributed by atoms with Crippen molar-refractivity contribution in [3.05, 3.63) is 95.0 Å². The number of carbonyl (C=O) groups excluding carboxylic acids is 1.